The number of carbonyl (C=O) groups is 1. The minimum Gasteiger partial charge on any atom is -1.00 e. The van der Waals surface area contributed by atoms with Crippen molar-refractivity contribution in [3.8, 4) is 11.5 Å². The third-order valence-corrected chi connectivity index (χ3v) is 8.29. The topological polar surface area (TPSA) is 166 Å². The molecule has 45 heavy (non-hydrogen) atoms. The summed E-state index contributed by atoms with van der Waals surface area (Å²) >= 11 is 6.02. The molecule has 1 atom stereocenters. The Morgan fingerprint density at radius 2 is 1.42 bits per heavy atom. The van der Waals surface area contributed by atoms with Gasteiger partial charge < -0.3 is 53.4 Å². The Morgan fingerprint density at radius 3 is 1.93 bits per heavy atom. The van der Waals surface area contributed by atoms with Gasteiger partial charge in [-0.05, 0) is 61.1 Å². The van der Waals surface area contributed by atoms with Crippen molar-refractivity contribution in [3.63, 3.8) is 0 Å². The molecule has 1 fully saturated rings. The highest BCUT2D eigenvalue weighted by Gasteiger charge is 2.35. The Hall–Kier alpha value is -3.35. The van der Waals surface area contributed by atoms with Crippen LogP contribution < -0.4 is 38.7 Å². The fourth-order valence-electron chi connectivity index (χ4n) is 5.89. The molecule has 0 unspecified atom stereocenters. The number of aryl methyl sites for hydroxylation is 2. The van der Waals surface area contributed by atoms with E-state index in [1.54, 1.807) is 0 Å². The van der Waals surface area contributed by atoms with Crippen LogP contribution in [-0.2, 0) is 12.8 Å². The fourth-order valence-corrected chi connectivity index (χ4v) is 6.02. The number of nitrogens with one attached hydrogen (secondary N) is 1. The van der Waals surface area contributed by atoms with E-state index in [0.29, 0.717) is 0 Å². The van der Waals surface area contributed by atoms with Crippen molar-refractivity contribution in [2.24, 2.45) is 0 Å². The summed E-state index contributed by atoms with van der Waals surface area (Å²) in [7, 11) is 0. The van der Waals surface area contributed by atoms with E-state index in [9.17, 15) is 4.79 Å². The smallest absolute Gasteiger partial charge is 0.274 e. The predicted molar refractivity (Wildman–Crippen MR) is 171 cm³/mol. The molecular weight excluding hydrogens is 619 g/mol. The van der Waals surface area contributed by atoms with Crippen LogP contribution in [0.1, 0.15) is 47.3 Å². The van der Waals surface area contributed by atoms with Gasteiger partial charge in [0.1, 0.15) is 24.7 Å². The van der Waals surface area contributed by atoms with Crippen molar-refractivity contribution >= 4 is 29.1 Å². The van der Waals surface area contributed by atoms with E-state index in [0.717, 1.165) is 80.7 Å². The number of carbonyl (C=O) groups excluding carboxylic acids is 1. The number of amides is 1. The minimum absolute atomic E-state index is 0. The summed E-state index contributed by atoms with van der Waals surface area (Å²) in [6.07, 6.45) is 5.72. The van der Waals surface area contributed by atoms with Gasteiger partial charge in [-0.25, -0.2) is 9.97 Å². The van der Waals surface area contributed by atoms with Gasteiger partial charge in [0.25, 0.3) is 5.91 Å². The molecule has 2 aromatic carbocycles. The number of hydrogen-bond acceptors (Lipinski definition) is 9. The van der Waals surface area contributed by atoms with Crippen LogP contribution in [0.5, 0.6) is 11.5 Å². The molecule has 1 saturated heterocycles. The van der Waals surface area contributed by atoms with E-state index in [1.807, 2.05) is 24.3 Å². The van der Waals surface area contributed by atoms with Gasteiger partial charge in [-0.1, -0.05) is 35.9 Å². The van der Waals surface area contributed by atoms with Crippen molar-refractivity contribution < 1.29 is 41.4 Å². The lowest BCUT2D eigenvalue weighted by Crippen LogP contribution is -3.00. The Balaban J connectivity index is 0.00000552. The molecular formula is C32H44Cl2N6O5. The first-order chi connectivity index (χ1) is 21.3. The van der Waals surface area contributed by atoms with Crippen LogP contribution in [-0.4, -0.2) is 89.2 Å². The first kappa shape index (κ1) is 36.1. The number of nitrogens with zero attached hydrogens (tertiary/aromatic N) is 3. The minimum atomic E-state index is -0.395. The van der Waals surface area contributed by atoms with Gasteiger partial charge >= 0.3 is 0 Å². The number of nitrogen functional groups attached to an aromatic ring is 2. The SMILES string of the molecule is Nc1nc(N)c(C(=O)N[C@H]2CCC[N+](CCCc3ccc(OCCO)cc3)(CCCc3ccc(OCCO)cc3)C2)nc1Cl.[Cl-]. The van der Waals surface area contributed by atoms with Crippen LogP contribution in [0.3, 0.4) is 0 Å². The number of halogens is 2. The first-order valence-electron chi connectivity index (χ1n) is 15.2. The van der Waals surface area contributed by atoms with Crippen molar-refractivity contribution in [2.45, 2.75) is 44.6 Å². The maximum atomic E-state index is 13.1. The highest BCUT2D eigenvalue weighted by Crippen LogP contribution is 2.25. The Bertz CT molecular complexity index is 1290. The number of rotatable bonds is 16. The van der Waals surface area contributed by atoms with Gasteiger partial charge in [0.05, 0.1) is 45.4 Å². The Morgan fingerprint density at radius 1 is 0.889 bits per heavy atom. The molecule has 1 amide bonds. The third kappa shape index (κ3) is 10.9. The summed E-state index contributed by atoms with van der Waals surface area (Å²) in [5.41, 5.74) is 14.1. The van der Waals surface area contributed by atoms with Gasteiger partial charge in [-0.2, -0.15) is 0 Å². The molecule has 1 aliphatic heterocycles. The molecule has 0 aliphatic carbocycles. The predicted octanol–water partition coefficient (Wildman–Crippen LogP) is 0.0152. The summed E-state index contributed by atoms with van der Waals surface area (Å²) < 4.78 is 11.9. The largest absolute Gasteiger partial charge is 1.00 e. The number of piperidine rings is 1. The van der Waals surface area contributed by atoms with Gasteiger partial charge in [0.2, 0.25) is 0 Å². The molecule has 0 bridgehead atoms. The summed E-state index contributed by atoms with van der Waals surface area (Å²) in [5, 5.41) is 21.1. The molecule has 0 spiro atoms. The second kappa shape index (κ2) is 18.0. The average molecular weight is 664 g/mol. The highest BCUT2D eigenvalue weighted by molar-refractivity contribution is 6.31. The number of ether oxygens (including phenoxy) is 2. The van der Waals surface area contributed by atoms with Crippen LogP contribution in [0.25, 0.3) is 0 Å². The Kier molecular flexibility index (Phi) is 14.4. The quantitative estimate of drug-likeness (QED) is 0.133. The molecule has 246 valence electrons. The van der Waals surface area contributed by atoms with Gasteiger partial charge in [-0.3, -0.25) is 4.79 Å². The second-order valence-corrected chi connectivity index (χ2v) is 11.6. The van der Waals surface area contributed by atoms with E-state index >= 15 is 0 Å². The van der Waals surface area contributed by atoms with Gasteiger partial charge in [0.15, 0.2) is 22.5 Å². The molecule has 4 rings (SSSR count). The summed E-state index contributed by atoms with van der Waals surface area (Å²) in [5.74, 6) is 1.06. The van der Waals surface area contributed by atoms with Crippen molar-refractivity contribution in [3.05, 3.63) is 70.5 Å². The van der Waals surface area contributed by atoms with E-state index in [1.165, 1.54) is 11.1 Å². The number of aliphatic hydroxyl groups is 2. The number of aromatic nitrogens is 2. The van der Waals surface area contributed by atoms with E-state index in [4.69, 9.17) is 42.8 Å². The van der Waals surface area contributed by atoms with Crippen LogP contribution in [0.2, 0.25) is 5.15 Å². The number of likely N-dealkylation sites (tertiary alicyclic amines) is 1. The van der Waals surface area contributed by atoms with E-state index < -0.39 is 5.91 Å². The molecule has 0 radical (unpaired) electrons. The number of aliphatic hydroxyl groups excluding tert-OH is 2. The Labute approximate surface area is 275 Å². The zero-order valence-electron chi connectivity index (χ0n) is 25.5. The van der Waals surface area contributed by atoms with E-state index in [2.05, 4.69) is 39.6 Å². The zero-order chi connectivity index (χ0) is 31.4. The van der Waals surface area contributed by atoms with Crippen molar-refractivity contribution in [2.75, 3.05) is 64.1 Å². The highest BCUT2D eigenvalue weighted by atomic mass is 35.5. The number of benzene rings is 2. The summed E-state index contributed by atoms with van der Waals surface area (Å²) in [6, 6.07) is 16.0. The van der Waals surface area contributed by atoms with Crippen LogP contribution >= 0.6 is 11.6 Å². The van der Waals surface area contributed by atoms with Crippen LogP contribution in [0.15, 0.2) is 48.5 Å². The number of anilines is 2. The molecule has 7 N–H and O–H groups in total. The summed E-state index contributed by atoms with van der Waals surface area (Å²) in [6.45, 7) is 4.36. The third-order valence-electron chi connectivity index (χ3n) is 8.01. The molecule has 3 aromatic rings. The second-order valence-electron chi connectivity index (χ2n) is 11.3. The lowest BCUT2D eigenvalue weighted by molar-refractivity contribution is -0.933. The first-order valence-corrected chi connectivity index (χ1v) is 15.6. The van der Waals surface area contributed by atoms with Crippen molar-refractivity contribution in [1.29, 1.82) is 0 Å². The van der Waals surface area contributed by atoms with E-state index in [-0.39, 0.29) is 67.4 Å². The van der Waals surface area contributed by atoms with Crippen molar-refractivity contribution in [1.82, 2.24) is 15.3 Å². The average Bonchev–Trinajstić information content (AvgIpc) is 3.02. The molecule has 1 aromatic heterocycles. The molecule has 1 aliphatic rings. The standard InChI is InChI=1S/C32H43ClN6O5.ClH/c33-29-31(35)38-30(34)28(37-29)32(42)36-25-6-3-17-39(22-25,15-1-4-23-7-11-26(12-8-23)43-20-18-40)16-2-5-24-9-13-27(14-10-24)44-21-19-41;/h7-14,25,40-41H,1-6,15-22H2,(H4-,34,35,36,38,42);1H/t25-;/m0./s1. The normalized spacial score (nSPS) is 15.6. The van der Waals surface area contributed by atoms with Gasteiger partial charge in [-0.15, -0.1) is 0 Å². The lowest BCUT2D eigenvalue weighted by Gasteiger charge is -2.45. The number of nitrogens with two attached hydrogens (primary N) is 2. The molecule has 2 heterocycles. The molecule has 0 saturated carbocycles. The monoisotopic (exact) mass is 662 g/mol. The number of quaternary nitrogens is 1. The van der Waals surface area contributed by atoms with Crippen LogP contribution in [0, 0.1) is 0 Å². The maximum absolute atomic E-state index is 13.1. The maximum Gasteiger partial charge on any atom is 0.274 e. The van der Waals surface area contributed by atoms with Crippen LogP contribution in [0.4, 0.5) is 11.6 Å². The molecule has 11 nitrogen and oxygen atoms in total. The summed E-state index contributed by atoms with van der Waals surface area (Å²) in [4.78, 5) is 21.2. The fraction of sp³-hybridized carbons (Fsp3) is 0.469. The molecule has 13 heteroatoms. The zero-order valence-corrected chi connectivity index (χ0v) is 27.0. The number of hydrogen-bond donors (Lipinski definition) is 5. The van der Waals surface area contributed by atoms with Gasteiger partial charge in [0, 0.05) is 12.8 Å². The lowest BCUT2D eigenvalue weighted by atomic mass is 9.99.